The molecule has 0 radical (unpaired) electrons. The Hall–Kier alpha value is -5.07. The van der Waals surface area contributed by atoms with Gasteiger partial charge in [-0.05, 0) is 86.0 Å². The van der Waals surface area contributed by atoms with Gasteiger partial charge in [-0.15, -0.1) is 0 Å². The van der Waals surface area contributed by atoms with Crippen molar-refractivity contribution in [1.82, 2.24) is 24.6 Å². The van der Waals surface area contributed by atoms with Gasteiger partial charge in [0, 0.05) is 53.8 Å². The second-order valence-corrected chi connectivity index (χ2v) is 14.6. The largest absolute Gasteiger partial charge is 0.458 e. The van der Waals surface area contributed by atoms with Crippen LogP contribution in [0.25, 0.3) is 21.9 Å². The number of imidazole rings is 1. The molecule has 2 N–H and O–H groups in total. The fourth-order valence-electron chi connectivity index (χ4n) is 7.58. The molecule has 10 nitrogen and oxygen atoms in total. The lowest BCUT2D eigenvalue weighted by atomic mass is 9.93. The number of fused-ring (bicyclic) bond motifs is 3. The van der Waals surface area contributed by atoms with Crippen LogP contribution in [0.3, 0.4) is 0 Å². The van der Waals surface area contributed by atoms with E-state index in [0.717, 1.165) is 70.6 Å². The molecule has 3 atom stereocenters. The number of amides is 1. The van der Waals surface area contributed by atoms with E-state index >= 15 is 4.39 Å². The van der Waals surface area contributed by atoms with Gasteiger partial charge in [0.15, 0.2) is 0 Å². The van der Waals surface area contributed by atoms with Crippen LogP contribution in [0.4, 0.5) is 10.1 Å². The molecule has 12 heteroatoms. The van der Waals surface area contributed by atoms with E-state index in [1.807, 2.05) is 67.6 Å². The van der Waals surface area contributed by atoms with Crippen molar-refractivity contribution in [3.05, 3.63) is 130 Å². The second kappa shape index (κ2) is 13.4. The average Bonchev–Trinajstić information content (AvgIpc) is 3.67. The number of H-pyrrole nitrogens is 1. The first-order valence-corrected chi connectivity index (χ1v) is 18.3. The van der Waals surface area contributed by atoms with E-state index in [1.54, 1.807) is 19.1 Å². The van der Waals surface area contributed by atoms with E-state index in [9.17, 15) is 4.79 Å². The van der Waals surface area contributed by atoms with E-state index in [2.05, 4.69) is 31.1 Å². The van der Waals surface area contributed by atoms with Gasteiger partial charge in [0.25, 0.3) is 5.91 Å². The lowest BCUT2D eigenvalue weighted by Gasteiger charge is -2.42. The molecular weight excluding hydrogens is 695 g/mol. The highest BCUT2D eigenvalue weighted by molar-refractivity contribution is 6.30. The number of hydrogen-bond acceptors (Lipinski definition) is 7. The zero-order chi connectivity index (χ0) is 36.3. The van der Waals surface area contributed by atoms with Crippen molar-refractivity contribution in [2.75, 3.05) is 25.0 Å². The van der Waals surface area contributed by atoms with Gasteiger partial charge in [0.1, 0.15) is 23.5 Å². The summed E-state index contributed by atoms with van der Waals surface area (Å²) in [6, 6.07) is 23.8. The molecule has 0 aliphatic carbocycles. The number of ether oxygens (including phenoxy) is 3. The molecular formula is C41H38ClFN6O4. The molecule has 2 aromatic heterocycles. The molecule has 0 bridgehead atoms. The third-order valence-electron chi connectivity index (χ3n) is 10.6. The molecule has 270 valence electrons. The molecule has 4 aromatic carbocycles. The minimum Gasteiger partial charge on any atom is -0.458 e. The fourth-order valence-corrected chi connectivity index (χ4v) is 7.74. The quantitative estimate of drug-likeness (QED) is 0.152. The number of anilines is 1. The number of nitrogens with one attached hydrogen (secondary N) is 2. The van der Waals surface area contributed by atoms with Crippen molar-refractivity contribution in [3.8, 4) is 5.75 Å². The van der Waals surface area contributed by atoms with E-state index in [4.69, 9.17) is 30.8 Å². The molecule has 1 unspecified atom stereocenters. The summed E-state index contributed by atoms with van der Waals surface area (Å²) in [4.78, 5) is 20.8. The number of nitrogens with zero attached hydrogens (tertiary/aromatic N) is 4. The van der Waals surface area contributed by atoms with Crippen molar-refractivity contribution in [1.29, 1.82) is 0 Å². The number of halogens is 2. The number of rotatable bonds is 8. The predicted molar refractivity (Wildman–Crippen MR) is 201 cm³/mol. The summed E-state index contributed by atoms with van der Waals surface area (Å²) in [5, 5.41) is 11.6. The number of carbonyl (C=O) groups is 1. The number of hydrogen-bond donors (Lipinski definition) is 2. The molecule has 9 rings (SSSR count). The monoisotopic (exact) mass is 732 g/mol. The molecule has 3 aliphatic rings. The number of benzene rings is 4. The Morgan fingerprint density at radius 2 is 1.98 bits per heavy atom. The number of aryl methyl sites for hydroxylation is 1. The van der Waals surface area contributed by atoms with Crippen molar-refractivity contribution in [2.24, 2.45) is 0 Å². The number of aromatic amines is 1. The Morgan fingerprint density at radius 1 is 1.11 bits per heavy atom. The van der Waals surface area contributed by atoms with Gasteiger partial charge in [-0.3, -0.25) is 14.8 Å². The maximum absolute atomic E-state index is 15.2. The Bertz CT molecular complexity index is 2420. The molecule has 0 spiro atoms. The third-order valence-corrected chi connectivity index (χ3v) is 10.8. The van der Waals surface area contributed by atoms with Crippen LogP contribution in [0.15, 0.2) is 90.5 Å². The highest BCUT2D eigenvalue weighted by Crippen LogP contribution is 2.48. The summed E-state index contributed by atoms with van der Waals surface area (Å²) >= 11 is 6.07. The molecule has 1 amide bonds. The first-order valence-electron chi connectivity index (χ1n) is 17.9. The first-order chi connectivity index (χ1) is 25.7. The summed E-state index contributed by atoms with van der Waals surface area (Å²) in [5.41, 5.74) is 7.10. The van der Waals surface area contributed by atoms with Gasteiger partial charge < -0.3 is 24.1 Å². The summed E-state index contributed by atoms with van der Waals surface area (Å²) in [7, 11) is 0. The van der Waals surface area contributed by atoms with Crippen LogP contribution in [-0.4, -0.2) is 56.4 Å². The van der Waals surface area contributed by atoms with Gasteiger partial charge in [0.2, 0.25) is 5.79 Å². The summed E-state index contributed by atoms with van der Waals surface area (Å²) in [6.45, 7) is 7.23. The van der Waals surface area contributed by atoms with E-state index in [-0.39, 0.29) is 12.0 Å². The molecule has 6 aromatic rings. The molecule has 1 saturated heterocycles. The lowest BCUT2D eigenvalue weighted by molar-refractivity contribution is -0.220. The highest BCUT2D eigenvalue weighted by Gasteiger charge is 2.43. The van der Waals surface area contributed by atoms with Gasteiger partial charge >= 0.3 is 0 Å². The Balaban J connectivity index is 0.956. The highest BCUT2D eigenvalue weighted by atomic mass is 35.5. The normalized spacial score (nSPS) is 21.5. The standard InChI is InChI=1S/C41H38ClFN6O4/c1-24-31-21-28(9-11-34(31)47-46-24)44-40(50)26-7-12-36-35(19-26)45-38(49(36)22-29-15-18-51-29)23-48-16-13-25(14-17-48)39-30-5-3-4-6-37(30)52-41(2,53-39)32-10-8-27(42)20-33(32)43/h3-13,19-21,29,39H,14-18,22-23H2,1-2H3,(H,44,50)(H,46,47)/t29-,39?,41+/m0/s1. The third kappa shape index (κ3) is 6.37. The predicted octanol–water partition coefficient (Wildman–Crippen LogP) is 8.21. The van der Waals surface area contributed by atoms with Crippen LogP contribution < -0.4 is 10.1 Å². The van der Waals surface area contributed by atoms with Gasteiger partial charge in [-0.1, -0.05) is 35.9 Å². The molecule has 53 heavy (non-hydrogen) atoms. The molecule has 3 aliphatic heterocycles. The summed E-state index contributed by atoms with van der Waals surface area (Å²) in [5.74, 6) is -0.441. The topological polar surface area (TPSA) is 107 Å². The van der Waals surface area contributed by atoms with Crippen LogP contribution in [-0.2, 0) is 28.4 Å². The maximum Gasteiger partial charge on any atom is 0.255 e. The van der Waals surface area contributed by atoms with E-state index < -0.39 is 17.7 Å². The molecule has 0 saturated carbocycles. The van der Waals surface area contributed by atoms with Crippen LogP contribution in [0.5, 0.6) is 5.75 Å². The average molecular weight is 733 g/mol. The zero-order valence-electron chi connectivity index (χ0n) is 29.4. The summed E-state index contributed by atoms with van der Waals surface area (Å²) < 4.78 is 36.2. The van der Waals surface area contributed by atoms with Gasteiger partial charge in [-0.25, -0.2) is 9.37 Å². The van der Waals surface area contributed by atoms with Gasteiger partial charge in [0.05, 0.1) is 47.0 Å². The van der Waals surface area contributed by atoms with Crippen molar-refractivity contribution in [2.45, 2.75) is 57.8 Å². The molecule has 5 heterocycles. The Kier molecular flexibility index (Phi) is 8.54. The maximum atomic E-state index is 15.2. The first kappa shape index (κ1) is 33.7. The minimum atomic E-state index is -1.34. The number of para-hydroxylation sites is 1. The summed E-state index contributed by atoms with van der Waals surface area (Å²) in [6.07, 6.45) is 3.69. The molecule has 1 fully saturated rings. The van der Waals surface area contributed by atoms with Crippen LogP contribution in [0, 0.1) is 12.7 Å². The Labute approximate surface area is 310 Å². The van der Waals surface area contributed by atoms with E-state index in [0.29, 0.717) is 47.2 Å². The Morgan fingerprint density at radius 3 is 2.77 bits per heavy atom. The minimum absolute atomic E-state index is 0.133. The van der Waals surface area contributed by atoms with Gasteiger partial charge in [-0.2, -0.15) is 5.10 Å². The zero-order valence-corrected chi connectivity index (χ0v) is 30.1. The van der Waals surface area contributed by atoms with Crippen molar-refractivity contribution >= 4 is 45.1 Å². The number of aromatic nitrogens is 4. The van der Waals surface area contributed by atoms with Crippen molar-refractivity contribution < 1.29 is 23.4 Å². The number of carbonyl (C=O) groups excluding carboxylic acids is 1. The van der Waals surface area contributed by atoms with E-state index in [1.165, 1.54) is 6.07 Å². The van der Waals surface area contributed by atoms with Crippen molar-refractivity contribution in [3.63, 3.8) is 0 Å². The second-order valence-electron chi connectivity index (χ2n) is 14.1. The SMILES string of the molecule is Cc1n[nH]c2ccc(NC(=O)c3ccc4c(c3)nc(CN3CC=C(C5O[C@](C)(c6ccc(Cl)cc6F)Oc6ccccc65)CC3)n4C[C@@H]3CCO3)cc12. The van der Waals surface area contributed by atoms with Crippen LogP contribution in [0.1, 0.15) is 58.9 Å². The smallest absolute Gasteiger partial charge is 0.255 e. The lowest BCUT2D eigenvalue weighted by Crippen LogP contribution is -2.40. The van der Waals surface area contributed by atoms with Crippen LogP contribution >= 0.6 is 11.6 Å². The van der Waals surface area contributed by atoms with Crippen LogP contribution in [0.2, 0.25) is 5.02 Å². The fraction of sp³-hybridized carbons (Fsp3) is 0.293.